The maximum absolute atomic E-state index is 13.1. The summed E-state index contributed by atoms with van der Waals surface area (Å²) in [5.74, 6) is 0.492. The van der Waals surface area contributed by atoms with Gasteiger partial charge in [-0.3, -0.25) is 9.59 Å². The first-order valence-electron chi connectivity index (χ1n) is 9.23. The lowest BCUT2D eigenvalue weighted by atomic mass is 10.0. The van der Waals surface area contributed by atoms with E-state index in [0.717, 1.165) is 41.9 Å². The molecule has 1 aromatic carbocycles. The first-order chi connectivity index (χ1) is 14.2. The fourth-order valence-electron chi connectivity index (χ4n) is 3.27. The standard InChI is InChI=1S/C19H22ClN3O6S/c1-22-18(25)13(11-23(22)19(26)29-3)17(24)12-7-8-14(28-2)16(15(12)20)21-30(27)9-5-4-6-10-30/h7-8,11H,4-6,9-10H2,1-3H3. The third-order valence-corrected chi connectivity index (χ3v) is 7.68. The van der Waals surface area contributed by atoms with Crippen molar-refractivity contribution in [1.29, 1.82) is 0 Å². The number of aromatic nitrogens is 2. The predicted molar refractivity (Wildman–Crippen MR) is 113 cm³/mol. The van der Waals surface area contributed by atoms with Crippen molar-refractivity contribution < 1.29 is 23.3 Å². The van der Waals surface area contributed by atoms with Gasteiger partial charge in [-0.15, -0.1) is 0 Å². The highest BCUT2D eigenvalue weighted by Crippen LogP contribution is 2.40. The molecule has 1 aliphatic rings. The Bertz CT molecular complexity index is 1180. The Balaban J connectivity index is 2.13. The SMILES string of the molecule is COC(=O)n1cc(C(=O)c2ccc(OC)c(N=S3(=O)CCCCC3)c2Cl)c(=O)n1C. The Hall–Kier alpha value is -2.59. The topological polar surface area (TPSA) is 109 Å². The van der Waals surface area contributed by atoms with Crippen molar-refractivity contribution in [1.82, 2.24) is 9.36 Å². The third kappa shape index (κ3) is 4.01. The van der Waals surface area contributed by atoms with E-state index in [0.29, 0.717) is 11.5 Å². The van der Waals surface area contributed by atoms with Crippen LogP contribution in [0.15, 0.2) is 27.5 Å². The molecule has 0 N–H and O–H groups in total. The van der Waals surface area contributed by atoms with Crippen LogP contribution in [0.5, 0.6) is 5.75 Å². The molecule has 9 nitrogen and oxygen atoms in total. The highest BCUT2D eigenvalue weighted by atomic mass is 35.5. The molecule has 2 aromatic rings. The lowest BCUT2D eigenvalue weighted by molar-refractivity contribution is 0.103. The van der Waals surface area contributed by atoms with Gasteiger partial charge in [-0.25, -0.2) is 13.7 Å². The minimum absolute atomic E-state index is 0.00487. The summed E-state index contributed by atoms with van der Waals surface area (Å²) in [7, 11) is 1.40. The van der Waals surface area contributed by atoms with Gasteiger partial charge < -0.3 is 9.47 Å². The number of carbonyl (C=O) groups excluding carboxylic acids is 2. The number of rotatable bonds is 4. The van der Waals surface area contributed by atoms with Crippen molar-refractivity contribution in [2.75, 3.05) is 25.7 Å². The lowest BCUT2D eigenvalue weighted by Gasteiger charge is -2.17. The minimum atomic E-state index is -2.51. The predicted octanol–water partition coefficient (Wildman–Crippen LogP) is 2.98. The average Bonchev–Trinajstić information content (AvgIpc) is 3.03. The van der Waals surface area contributed by atoms with Crippen LogP contribution in [-0.2, 0) is 21.5 Å². The van der Waals surface area contributed by atoms with Crippen LogP contribution in [0.25, 0.3) is 0 Å². The van der Waals surface area contributed by atoms with E-state index < -0.39 is 27.2 Å². The molecular weight excluding hydrogens is 434 g/mol. The van der Waals surface area contributed by atoms with E-state index in [1.165, 1.54) is 26.3 Å². The average molecular weight is 456 g/mol. The summed E-state index contributed by atoms with van der Waals surface area (Å²) in [4.78, 5) is 37.4. The van der Waals surface area contributed by atoms with Gasteiger partial charge in [0.1, 0.15) is 17.0 Å². The van der Waals surface area contributed by atoms with Crippen LogP contribution in [0, 0.1) is 0 Å². The molecule has 0 amide bonds. The van der Waals surface area contributed by atoms with Gasteiger partial charge in [0.05, 0.1) is 35.2 Å². The van der Waals surface area contributed by atoms with Gasteiger partial charge in [0.25, 0.3) is 5.56 Å². The summed E-state index contributed by atoms with van der Waals surface area (Å²) in [6.07, 6.45) is 2.88. The van der Waals surface area contributed by atoms with E-state index in [1.54, 1.807) is 0 Å². The normalized spacial score (nSPS) is 15.5. The lowest BCUT2D eigenvalue weighted by Crippen LogP contribution is -2.26. The molecule has 0 saturated carbocycles. The summed E-state index contributed by atoms with van der Waals surface area (Å²) in [5, 5.41) is -0.0551. The van der Waals surface area contributed by atoms with E-state index in [9.17, 15) is 18.6 Å². The van der Waals surface area contributed by atoms with E-state index >= 15 is 0 Å². The van der Waals surface area contributed by atoms with Crippen molar-refractivity contribution in [3.05, 3.63) is 44.8 Å². The molecule has 162 valence electrons. The Kier molecular flexibility index (Phi) is 6.37. The second-order valence-electron chi connectivity index (χ2n) is 6.83. The Morgan fingerprint density at radius 2 is 1.80 bits per heavy atom. The van der Waals surface area contributed by atoms with Gasteiger partial charge in [-0.05, 0) is 25.0 Å². The largest absolute Gasteiger partial charge is 0.494 e. The van der Waals surface area contributed by atoms with E-state index in [4.69, 9.17) is 16.3 Å². The molecule has 1 aliphatic heterocycles. The molecule has 3 rings (SSSR count). The number of nitrogens with zero attached hydrogens (tertiary/aromatic N) is 3. The van der Waals surface area contributed by atoms with Crippen LogP contribution < -0.4 is 10.3 Å². The molecule has 2 heterocycles. The molecular formula is C19H22ClN3O6S. The monoisotopic (exact) mass is 455 g/mol. The van der Waals surface area contributed by atoms with E-state index in [-0.39, 0.29) is 27.6 Å². The molecule has 1 fully saturated rings. The second-order valence-corrected chi connectivity index (χ2v) is 9.75. The summed E-state index contributed by atoms with van der Waals surface area (Å²) in [5.41, 5.74) is -0.826. The second kappa shape index (κ2) is 8.65. The highest BCUT2D eigenvalue weighted by molar-refractivity contribution is 7.93. The molecule has 0 atom stereocenters. The van der Waals surface area contributed by atoms with Crippen LogP contribution in [-0.4, -0.2) is 51.2 Å². The minimum Gasteiger partial charge on any atom is -0.494 e. The van der Waals surface area contributed by atoms with Crippen molar-refractivity contribution in [2.24, 2.45) is 11.4 Å². The van der Waals surface area contributed by atoms with Gasteiger partial charge in [-0.1, -0.05) is 18.0 Å². The number of ketones is 1. The van der Waals surface area contributed by atoms with Gasteiger partial charge in [0.15, 0.2) is 0 Å². The fraction of sp³-hybridized carbons (Fsp3) is 0.421. The zero-order valence-corrected chi connectivity index (χ0v) is 18.4. The zero-order valence-electron chi connectivity index (χ0n) is 16.8. The molecule has 1 aromatic heterocycles. The molecule has 0 spiro atoms. The van der Waals surface area contributed by atoms with Crippen molar-refractivity contribution in [3.63, 3.8) is 0 Å². The van der Waals surface area contributed by atoms with Crippen LogP contribution in [0.4, 0.5) is 10.5 Å². The Morgan fingerprint density at radius 3 is 2.40 bits per heavy atom. The first-order valence-corrected chi connectivity index (χ1v) is 11.5. The highest BCUT2D eigenvalue weighted by Gasteiger charge is 2.26. The number of halogens is 1. The Labute approximate surface area is 178 Å². The van der Waals surface area contributed by atoms with Crippen molar-refractivity contribution >= 4 is 38.9 Å². The smallest absolute Gasteiger partial charge is 0.432 e. The summed E-state index contributed by atoms with van der Waals surface area (Å²) in [6.45, 7) is 0. The Morgan fingerprint density at radius 1 is 1.13 bits per heavy atom. The molecule has 30 heavy (non-hydrogen) atoms. The summed E-state index contributed by atoms with van der Waals surface area (Å²) in [6, 6.07) is 2.90. The van der Waals surface area contributed by atoms with E-state index in [1.807, 2.05) is 0 Å². The molecule has 0 aliphatic carbocycles. The van der Waals surface area contributed by atoms with Crippen molar-refractivity contribution in [3.8, 4) is 5.75 Å². The van der Waals surface area contributed by atoms with Gasteiger partial charge >= 0.3 is 6.09 Å². The summed E-state index contributed by atoms with van der Waals surface area (Å²) < 4.78 is 29.2. The van der Waals surface area contributed by atoms with Crippen LogP contribution >= 0.6 is 11.6 Å². The van der Waals surface area contributed by atoms with Crippen LogP contribution in [0.1, 0.15) is 35.2 Å². The first kappa shape index (κ1) is 22.1. The zero-order chi connectivity index (χ0) is 22.1. The number of carbonyl (C=O) groups is 2. The summed E-state index contributed by atoms with van der Waals surface area (Å²) >= 11 is 6.48. The van der Waals surface area contributed by atoms with Gasteiger partial charge in [-0.2, -0.15) is 9.04 Å². The van der Waals surface area contributed by atoms with Gasteiger partial charge in [0, 0.05) is 24.1 Å². The number of hydrogen-bond donors (Lipinski definition) is 0. The number of hydrogen-bond acceptors (Lipinski definition) is 7. The van der Waals surface area contributed by atoms with E-state index in [2.05, 4.69) is 9.10 Å². The van der Waals surface area contributed by atoms with Gasteiger partial charge in [0.2, 0.25) is 5.78 Å². The van der Waals surface area contributed by atoms with Crippen LogP contribution in [0.2, 0.25) is 5.02 Å². The quantitative estimate of drug-likeness (QED) is 0.655. The molecule has 1 saturated heterocycles. The maximum atomic E-state index is 13.1. The number of ether oxygens (including phenoxy) is 2. The maximum Gasteiger partial charge on any atom is 0.432 e. The third-order valence-electron chi connectivity index (χ3n) is 4.93. The van der Waals surface area contributed by atoms with Crippen molar-refractivity contribution in [2.45, 2.75) is 19.3 Å². The number of methoxy groups -OCH3 is 2. The number of benzene rings is 1. The fourth-order valence-corrected chi connectivity index (χ4v) is 5.81. The molecule has 11 heteroatoms. The molecule has 0 unspecified atom stereocenters. The molecule has 0 radical (unpaired) electrons. The molecule has 0 bridgehead atoms. The van der Waals surface area contributed by atoms with Crippen LogP contribution in [0.3, 0.4) is 0 Å².